The van der Waals surface area contributed by atoms with Crippen molar-refractivity contribution in [1.29, 1.82) is 0 Å². The summed E-state index contributed by atoms with van der Waals surface area (Å²) in [5.41, 5.74) is 10.9. The van der Waals surface area contributed by atoms with Gasteiger partial charge in [-0.3, -0.25) is 20.4 Å². The standard InChI is InChI=1S/C25H26N4O2S/c1-16-14-17(2)27-25(26-16)32-15-18-10-12-20(13-11-18)23(30)28-29-24(31)22-9-5-7-19-6-3-4-8-21(19)22/h3-4,6,8,10-14,22H,5,7,9,15H2,1-2H3,(H,28,30)(H,29,31). The number of fused-ring (bicyclic) bond motifs is 1. The monoisotopic (exact) mass is 446 g/mol. The van der Waals surface area contributed by atoms with Gasteiger partial charge in [0, 0.05) is 22.7 Å². The lowest BCUT2D eigenvalue weighted by Gasteiger charge is -2.24. The largest absolute Gasteiger partial charge is 0.273 e. The maximum Gasteiger partial charge on any atom is 0.269 e. The summed E-state index contributed by atoms with van der Waals surface area (Å²) in [4.78, 5) is 34.0. The number of hydrogen-bond acceptors (Lipinski definition) is 5. The molecular weight excluding hydrogens is 420 g/mol. The quantitative estimate of drug-likeness (QED) is 0.347. The van der Waals surface area contributed by atoms with E-state index in [2.05, 4.69) is 26.9 Å². The van der Waals surface area contributed by atoms with Gasteiger partial charge in [-0.05, 0) is 68.0 Å². The topological polar surface area (TPSA) is 84.0 Å². The summed E-state index contributed by atoms with van der Waals surface area (Å²) in [5, 5.41) is 0.747. The molecule has 2 aromatic carbocycles. The molecule has 4 rings (SSSR count). The van der Waals surface area contributed by atoms with Crippen molar-refractivity contribution < 1.29 is 9.59 Å². The number of aryl methyl sites for hydroxylation is 3. The van der Waals surface area contributed by atoms with Crippen molar-refractivity contribution in [3.63, 3.8) is 0 Å². The number of hydrazine groups is 1. The number of thioether (sulfide) groups is 1. The number of hydrogen-bond donors (Lipinski definition) is 2. The van der Waals surface area contributed by atoms with E-state index in [1.807, 2.05) is 50.2 Å². The van der Waals surface area contributed by atoms with Gasteiger partial charge in [-0.25, -0.2) is 9.97 Å². The van der Waals surface area contributed by atoms with E-state index in [0.29, 0.717) is 11.3 Å². The van der Waals surface area contributed by atoms with E-state index in [9.17, 15) is 9.59 Å². The van der Waals surface area contributed by atoms with Crippen LogP contribution in [0.1, 0.15) is 57.2 Å². The Balaban J connectivity index is 1.31. The molecule has 0 fully saturated rings. The highest BCUT2D eigenvalue weighted by atomic mass is 32.2. The number of aromatic nitrogens is 2. The molecule has 1 atom stereocenters. The van der Waals surface area contributed by atoms with Crippen LogP contribution in [0.5, 0.6) is 0 Å². The molecule has 0 spiro atoms. The SMILES string of the molecule is Cc1cc(C)nc(SCc2ccc(C(=O)NNC(=O)C3CCCc4ccccc43)cc2)n1. The van der Waals surface area contributed by atoms with E-state index in [1.54, 1.807) is 23.9 Å². The number of rotatable bonds is 5. The van der Waals surface area contributed by atoms with Crippen LogP contribution in [0.15, 0.2) is 59.8 Å². The van der Waals surface area contributed by atoms with Crippen molar-refractivity contribution in [2.24, 2.45) is 0 Å². The third-order valence-electron chi connectivity index (χ3n) is 5.53. The Bertz CT molecular complexity index is 1110. The van der Waals surface area contributed by atoms with Crippen molar-refractivity contribution >= 4 is 23.6 Å². The maximum absolute atomic E-state index is 12.7. The number of carbonyl (C=O) groups is 2. The molecular formula is C25H26N4O2S. The lowest BCUT2D eigenvalue weighted by Crippen LogP contribution is -2.44. The smallest absolute Gasteiger partial charge is 0.269 e. The third kappa shape index (κ3) is 5.34. The lowest BCUT2D eigenvalue weighted by molar-refractivity contribution is -0.123. The highest BCUT2D eigenvalue weighted by Crippen LogP contribution is 2.31. The van der Waals surface area contributed by atoms with Gasteiger partial charge in [0.15, 0.2) is 5.16 Å². The summed E-state index contributed by atoms with van der Waals surface area (Å²) in [7, 11) is 0. The summed E-state index contributed by atoms with van der Waals surface area (Å²) in [6.45, 7) is 3.91. The summed E-state index contributed by atoms with van der Waals surface area (Å²) in [6, 6.07) is 17.3. The van der Waals surface area contributed by atoms with Gasteiger partial charge in [0.1, 0.15) is 0 Å². The van der Waals surface area contributed by atoms with Crippen LogP contribution in [0.4, 0.5) is 0 Å². The Labute approximate surface area is 192 Å². The fourth-order valence-electron chi connectivity index (χ4n) is 3.96. The molecule has 6 nitrogen and oxygen atoms in total. The van der Waals surface area contributed by atoms with Gasteiger partial charge in [-0.15, -0.1) is 0 Å². The van der Waals surface area contributed by atoms with Crippen molar-refractivity contribution in [2.75, 3.05) is 0 Å². The van der Waals surface area contributed by atoms with Gasteiger partial charge in [0.2, 0.25) is 5.91 Å². The van der Waals surface area contributed by atoms with Crippen LogP contribution in [-0.4, -0.2) is 21.8 Å². The Morgan fingerprint density at radius 1 is 1.00 bits per heavy atom. The van der Waals surface area contributed by atoms with Crippen LogP contribution < -0.4 is 10.9 Å². The fourth-order valence-corrected chi connectivity index (χ4v) is 4.87. The number of carbonyl (C=O) groups excluding carboxylic acids is 2. The third-order valence-corrected chi connectivity index (χ3v) is 6.45. The van der Waals surface area contributed by atoms with E-state index in [1.165, 1.54) is 5.56 Å². The van der Waals surface area contributed by atoms with Crippen molar-refractivity contribution in [1.82, 2.24) is 20.8 Å². The zero-order valence-corrected chi connectivity index (χ0v) is 19.0. The highest BCUT2D eigenvalue weighted by molar-refractivity contribution is 7.98. The molecule has 164 valence electrons. The number of nitrogens with zero attached hydrogens (tertiary/aromatic N) is 2. The van der Waals surface area contributed by atoms with Crippen LogP contribution in [0, 0.1) is 13.8 Å². The minimum absolute atomic E-state index is 0.174. The maximum atomic E-state index is 12.7. The first-order chi connectivity index (χ1) is 15.5. The molecule has 1 heterocycles. The van der Waals surface area contributed by atoms with E-state index in [4.69, 9.17) is 0 Å². The minimum Gasteiger partial charge on any atom is -0.273 e. The first-order valence-electron chi connectivity index (χ1n) is 10.7. The normalized spacial score (nSPS) is 15.0. The van der Waals surface area contributed by atoms with E-state index < -0.39 is 0 Å². The zero-order valence-electron chi connectivity index (χ0n) is 18.2. The molecule has 0 aliphatic heterocycles. The van der Waals surface area contributed by atoms with Gasteiger partial charge in [0.05, 0.1) is 5.92 Å². The van der Waals surface area contributed by atoms with Gasteiger partial charge < -0.3 is 0 Å². The van der Waals surface area contributed by atoms with E-state index in [0.717, 1.165) is 46.9 Å². The minimum atomic E-state index is -0.334. The summed E-state index contributed by atoms with van der Waals surface area (Å²) in [6.07, 6.45) is 2.75. The molecule has 7 heteroatoms. The molecule has 0 saturated carbocycles. The Hall–Kier alpha value is -3.19. The van der Waals surface area contributed by atoms with E-state index >= 15 is 0 Å². The fraction of sp³-hybridized carbons (Fsp3) is 0.280. The van der Waals surface area contributed by atoms with Crippen LogP contribution in [0.2, 0.25) is 0 Å². The molecule has 2 amide bonds. The number of benzene rings is 2. The Morgan fingerprint density at radius 3 is 2.47 bits per heavy atom. The van der Waals surface area contributed by atoms with Crippen molar-refractivity contribution in [3.05, 3.63) is 88.2 Å². The number of nitrogens with one attached hydrogen (secondary N) is 2. The van der Waals surface area contributed by atoms with Crippen LogP contribution in [0.3, 0.4) is 0 Å². The molecule has 0 saturated heterocycles. The molecule has 0 radical (unpaired) electrons. The van der Waals surface area contributed by atoms with Crippen LogP contribution in [-0.2, 0) is 17.0 Å². The molecule has 0 bridgehead atoms. The van der Waals surface area contributed by atoms with E-state index in [-0.39, 0.29) is 17.7 Å². The highest BCUT2D eigenvalue weighted by Gasteiger charge is 2.26. The van der Waals surface area contributed by atoms with Crippen LogP contribution >= 0.6 is 11.8 Å². The predicted molar refractivity (Wildman–Crippen MR) is 125 cm³/mol. The van der Waals surface area contributed by atoms with Crippen LogP contribution in [0.25, 0.3) is 0 Å². The average molecular weight is 447 g/mol. The Kier molecular flexibility index (Phi) is 6.85. The average Bonchev–Trinajstić information content (AvgIpc) is 2.80. The Morgan fingerprint density at radius 2 is 1.72 bits per heavy atom. The van der Waals surface area contributed by atoms with Gasteiger partial charge in [0.25, 0.3) is 5.91 Å². The van der Waals surface area contributed by atoms with Crippen molar-refractivity contribution in [3.8, 4) is 0 Å². The first-order valence-corrected chi connectivity index (χ1v) is 11.7. The molecule has 32 heavy (non-hydrogen) atoms. The predicted octanol–water partition coefficient (Wildman–Crippen LogP) is 4.27. The first kappa shape index (κ1) is 22.0. The summed E-state index contributed by atoms with van der Waals surface area (Å²) >= 11 is 1.56. The molecule has 2 N–H and O–H groups in total. The summed E-state index contributed by atoms with van der Waals surface area (Å²) in [5.74, 6) is -0.0267. The molecule has 3 aromatic rings. The second-order valence-electron chi connectivity index (χ2n) is 8.01. The van der Waals surface area contributed by atoms with Gasteiger partial charge >= 0.3 is 0 Å². The zero-order chi connectivity index (χ0) is 22.5. The molecule has 1 unspecified atom stereocenters. The van der Waals surface area contributed by atoms with Gasteiger partial charge in [-0.2, -0.15) is 0 Å². The van der Waals surface area contributed by atoms with Crippen molar-refractivity contribution in [2.45, 2.75) is 49.9 Å². The van der Waals surface area contributed by atoms with Gasteiger partial charge in [-0.1, -0.05) is 48.2 Å². The molecule has 1 aliphatic rings. The lowest BCUT2D eigenvalue weighted by atomic mass is 9.82. The second-order valence-corrected chi connectivity index (χ2v) is 8.95. The number of amides is 2. The summed E-state index contributed by atoms with van der Waals surface area (Å²) < 4.78 is 0. The molecule has 1 aromatic heterocycles. The molecule has 1 aliphatic carbocycles. The second kappa shape index (κ2) is 9.96.